The molecule has 2 aliphatic heterocycles. The van der Waals surface area contributed by atoms with Gasteiger partial charge in [0, 0.05) is 40.6 Å². The number of benzene rings is 3. The molecule has 1 fully saturated rings. The van der Waals surface area contributed by atoms with Crippen LogP contribution in [-0.2, 0) is 17.6 Å². The minimum absolute atomic E-state index is 0.241. The van der Waals surface area contributed by atoms with Crippen LogP contribution in [0.15, 0.2) is 70.1 Å². The molecule has 0 bridgehead atoms. The summed E-state index contributed by atoms with van der Waals surface area (Å²) >= 11 is 14.2. The van der Waals surface area contributed by atoms with Crippen molar-refractivity contribution in [2.75, 3.05) is 26.3 Å². The highest BCUT2D eigenvalue weighted by Gasteiger charge is 2.25. The van der Waals surface area contributed by atoms with Crippen LogP contribution in [0.5, 0.6) is 0 Å². The molecular formula is C34H32Cl2FN3OS. The number of halogens is 3. The van der Waals surface area contributed by atoms with Crippen molar-refractivity contribution in [2.45, 2.75) is 38.5 Å². The van der Waals surface area contributed by atoms with Gasteiger partial charge in [0.1, 0.15) is 5.84 Å². The average molecular weight is 621 g/mol. The molecule has 1 aliphatic carbocycles. The lowest BCUT2D eigenvalue weighted by molar-refractivity contribution is 0.301. The van der Waals surface area contributed by atoms with E-state index >= 15 is 0 Å². The molecule has 3 aromatic carbocycles. The third kappa shape index (κ3) is 6.39. The van der Waals surface area contributed by atoms with Crippen LogP contribution in [0.25, 0.3) is 11.1 Å². The number of allylic oxidation sites excluding steroid dienone is 1. The van der Waals surface area contributed by atoms with E-state index < -0.39 is 0 Å². The molecule has 3 aromatic rings. The Morgan fingerprint density at radius 3 is 2.60 bits per heavy atom. The Kier molecular flexibility index (Phi) is 9.18. The number of hydrogen-bond donors (Lipinski definition) is 1. The van der Waals surface area contributed by atoms with E-state index in [9.17, 15) is 9.18 Å². The second kappa shape index (κ2) is 13.2. The van der Waals surface area contributed by atoms with Crippen molar-refractivity contribution in [3.63, 3.8) is 0 Å². The number of rotatable bonds is 8. The van der Waals surface area contributed by atoms with E-state index in [0.717, 1.165) is 80.4 Å². The number of carbonyl (C=O) groups excluding carboxylic acids is 1. The molecule has 0 aromatic heterocycles. The molecule has 0 radical (unpaired) electrons. The van der Waals surface area contributed by atoms with Gasteiger partial charge in [0.25, 0.3) is 0 Å². The summed E-state index contributed by atoms with van der Waals surface area (Å²) in [7, 11) is 0. The lowest BCUT2D eigenvalue weighted by atomic mass is 9.86. The molecule has 0 amide bonds. The highest BCUT2D eigenvalue weighted by Crippen LogP contribution is 2.42. The zero-order chi connectivity index (χ0) is 29.1. The number of nitrogens with one attached hydrogen (secondary N) is 1. The van der Waals surface area contributed by atoms with Crippen LogP contribution >= 0.6 is 35.1 Å². The zero-order valence-electron chi connectivity index (χ0n) is 23.3. The van der Waals surface area contributed by atoms with Crippen molar-refractivity contribution in [3.8, 4) is 0 Å². The van der Waals surface area contributed by atoms with Crippen molar-refractivity contribution in [2.24, 2.45) is 10.3 Å². The van der Waals surface area contributed by atoms with Gasteiger partial charge in [-0.3, -0.25) is 4.39 Å². The van der Waals surface area contributed by atoms with Gasteiger partial charge >= 0.3 is 0 Å². The molecule has 42 heavy (non-hydrogen) atoms. The molecular weight excluding hydrogens is 588 g/mol. The third-order valence-electron chi connectivity index (χ3n) is 8.38. The van der Waals surface area contributed by atoms with Crippen LogP contribution < -0.4 is 5.32 Å². The molecule has 1 unspecified atom stereocenters. The zero-order valence-corrected chi connectivity index (χ0v) is 25.6. The summed E-state index contributed by atoms with van der Waals surface area (Å²) in [5.41, 5.74) is 9.27. The van der Waals surface area contributed by atoms with Crippen LogP contribution in [0.4, 0.5) is 4.39 Å². The first-order valence-corrected chi connectivity index (χ1v) is 16.0. The van der Waals surface area contributed by atoms with Crippen molar-refractivity contribution >= 4 is 58.1 Å². The Balaban J connectivity index is 1.36. The molecule has 4 nitrogen and oxygen atoms in total. The molecule has 1 N–H and O–H groups in total. The van der Waals surface area contributed by atoms with Gasteiger partial charge in [-0.2, -0.15) is 4.40 Å². The fourth-order valence-electron chi connectivity index (χ4n) is 6.39. The van der Waals surface area contributed by atoms with Gasteiger partial charge in [0.2, 0.25) is 0 Å². The maximum absolute atomic E-state index is 12.6. The van der Waals surface area contributed by atoms with Gasteiger partial charge in [0.05, 0.1) is 6.67 Å². The quantitative estimate of drug-likeness (QED) is 0.204. The first kappa shape index (κ1) is 29.2. The van der Waals surface area contributed by atoms with Gasteiger partial charge in [0.15, 0.2) is 11.0 Å². The highest BCUT2D eigenvalue weighted by atomic mass is 35.5. The number of nitrogens with zero attached hydrogens (tertiary/aromatic N) is 2. The van der Waals surface area contributed by atoms with Crippen molar-refractivity contribution in [1.82, 2.24) is 10.2 Å². The van der Waals surface area contributed by atoms with Gasteiger partial charge < -0.3 is 10.2 Å². The van der Waals surface area contributed by atoms with E-state index in [2.05, 4.69) is 57.1 Å². The molecule has 1 saturated heterocycles. The lowest BCUT2D eigenvalue weighted by Gasteiger charge is -2.19. The van der Waals surface area contributed by atoms with Gasteiger partial charge in [-0.15, -0.1) is 0 Å². The lowest BCUT2D eigenvalue weighted by Crippen LogP contribution is -2.22. The van der Waals surface area contributed by atoms with E-state index in [-0.39, 0.29) is 6.67 Å². The normalized spacial score (nSPS) is 18.9. The predicted octanol–water partition coefficient (Wildman–Crippen LogP) is 8.18. The Labute approximate surface area is 260 Å². The minimum Gasteiger partial charge on any atom is -0.323 e. The Hall–Kier alpha value is -2.86. The van der Waals surface area contributed by atoms with Crippen LogP contribution in [0.1, 0.15) is 59.1 Å². The molecule has 0 spiro atoms. The van der Waals surface area contributed by atoms with E-state index in [4.69, 9.17) is 23.2 Å². The smallest absolute Gasteiger partial charge is 0.182 e. The van der Waals surface area contributed by atoms with Crippen molar-refractivity contribution in [1.29, 1.82) is 0 Å². The number of hydrogen-bond acceptors (Lipinski definition) is 5. The standard InChI is InChI=1S/C34H32Cl2FN3OS/c35-27-10-12-29(31(36)19-27)30-4-1-3-25-18-26(34-38-32(21-41)42-39-34)9-11-28(25)33(30)24-7-5-22(6-8-24)17-23-13-16-40(20-23)15-2-14-37/h5-12,18-19,23H,1-4,13-17,20H2,(H,38,39). The minimum atomic E-state index is -0.241. The van der Waals surface area contributed by atoms with E-state index in [1.165, 1.54) is 27.8 Å². The average Bonchev–Trinajstić information content (AvgIpc) is 3.62. The van der Waals surface area contributed by atoms with Crippen LogP contribution in [0, 0.1) is 5.92 Å². The summed E-state index contributed by atoms with van der Waals surface area (Å²) in [6, 6.07) is 21.2. The molecule has 0 saturated carbocycles. The van der Waals surface area contributed by atoms with Crippen molar-refractivity contribution in [3.05, 3.63) is 109 Å². The van der Waals surface area contributed by atoms with Crippen LogP contribution in [0.3, 0.4) is 0 Å². The summed E-state index contributed by atoms with van der Waals surface area (Å²) in [4.78, 5) is 13.5. The van der Waals surface area contributed by atoms with E-state index in [1.54, 1.807) is 0 Å². The Morgan fingerprint density at radius 1 is 1.02 bits per heavy atom. The molecule has 1 atom stereocenters. The second-order valence-corrected chi connectivity index (χ2v) is 12.8. The summed E-state index contributed by atoms with van der Waals surface area (Å²) in [6.07, 6.45) is 5.59. The monoisotopic (exact) mass is 619 g/mol. The summed E-state index contributed by atoms with van der Waals surface area (Å²) in [5.74, 6) is 3.18. The van der Waals surface area contributed by atoms with Crippen LogP contribution in [-0.4, -0.2) is 43.0 Å². The summed E-state index contributed by atoms with van der Waals surface area (Å²) in [6.45, 7) is 2.72. The number of aryl methyl sites for hydroxylation is 1. The van der Waals surface area contributed by atoms with Gasteiger partial charge in [-0.25, -0.2) is 4.79 Å². The number of alkyl halides is 1. The predicted molar refractivity (Wildman–Crippen MR) is 174 cm³/mol. The van der Waals surface area contributed by atoms with Gasteiger partial charge in [-0.1, -0.05) is 65.7 Å². The first-order chi connectivity index (χ1) is 20.5. The SMILES string of the molecule is O=C=C1NC(c2ccc3c(c2)CCCC(c2ccc(Cl)cc2Cl)=C3c2ccc(CC3CCN(CCCF)C3)cc2)=NS1. The van der Waals surface area contributed by atoms with Crippen LogP contribution in [0.2, 0.25) is 10.0 Å². The maximum Gasteiger partial charge on any atom is 0.182 e. The summed E-state index contributed by atoms with van der Waals surface area (Å²) < 4.78 is 17.0. The topological polar surface area (TPSA) is 44.7 Å². The molecule has 2 heterocycles. The largest absolute Gasteiger partial charge is 0.323 e. The van der Waals surface area contributed by atoms with Gasteiger partial charge in [-0.05, 0) is 108 Å². The van der Waals surface area contributed by atoms with Crippen molar-refractivity contribution < 1.29 is 9.18 Å². The van der Waals surface area contributed by atoms with E-state index in [0.29, 0.717) is 33.2 Å². The Morgan fingerprint density at radius 2 is 1.83 bits per heavy atom. The summed E-state index contributed by atoms with van der Waals surface area (Å²) in [5, 5.41) is 4.72. The number of amidine groups is 1. The fraction of sp³-hybridized carbons (Fsp3) is 0.324. The van der Waals surface area contributed by atoms with E-state index in [1.807, 2.05) is 24.1 Å². The molecule has 216 valence electrons. The number of fused-ring (bicyclic) bond motifs is 1. The Bertz CT molecular complexity index is 1600. The number of likely N-dealkylation sites (tertiary alicyclic amines) is 1. The first-order valence-electron chi connectivity index (χ1n) is 14.5. The third-order valence-corrected chi connectivity index (χ3v) is 9.57. The fourth-order valence-corrected chi connectivity index (χ4v) is 7.42. The second-order valence-electron chi connectivity index (χ2n) is 11.2. The molecule has 8 heteroatoms. The molecule has 3 aliphatic rings. The highest BCUT2D eigenvalue weighted by molar-refractivity contribution is 8.02. The molecule has 6 rings (SSSR count). The maximum atomic E-state index is 12.6.